The van der Waals surface area contributed by atoms with E-state index in [2.05, 4.69) is 21.7 Å². The molecule has 2 aromatic heterocycles. The number of hydrogen-bond acceptors (Lipinski definition) is 8. The molecule has 0 saturated heterocycles. The van der Waals surface area contributed by atoms with E-state index < -0.39 is 17.4 Å². The van der Waals surface area contributed by atoms with Gasteiger partial charge in [-0.05, 0) is 55.0 Å². The molecule has 180 valence electrons. The summed E-state index contributed by atoms with van der Waals surface area (Å²) in [7, 11) is 0. The minimum atomic E-state index is -1.33. The fraction of sp³-hybridized carbons (Fsp3) is 0.0769. The molecule has 2 heterocycles. The monoisotopic (exact) mass is 485 g/mol. The smallest absolute Gasteiger partial charge is 0.292 e. The lowest BCUT2D eigenvalue weighted by Crippen LogP contribution is -2.46. The highest BCUT2D eigenvalue weighted by Crippen LogP contribution is 2.36. The van der Waals surface area contributed by atoms with Gasteiger partial charge in [0.15, 0.2) is 17.9 Å². The molecule has 0 saturated carbocycles. The van der Waals surface area contributed by atoms with Gasteiger partial charge in [-0.25, -0.2) is 9.37 Å². The van der Waals surface area contributed by atoms with Gasteiger partial charge in [0.25, 0.3) is 5.91 Å². The summed E-state index contributed by atoms with van der Waals surface area (Å²) in [6, 6.07) is 16.8. The van der Waals surface area contributed by atoms with Crippen molar-refractivity contribution in [3.63, 3.8) is 0 Å². The van der Waals surface area contributed by atoms with E-state index in [4.69, 9.17) is 10.2 Å². The highest BCUT2D eigenvalue weighted by atomic mass is 19.1. The number of nitrogens with zero attached hydrogens (tertiary/aromatic N) is 2. The highest BCUT2D eigenvalue weighted by Gasteiger charge is 2.21. The van der Waals surface area contributed by atoms with Gasteiger partial charge in [0.05, 0.1) is 12.0 Å². The number of carbonyl (C=O) groups is 2. The number of pyridine rings is 1. The van der Waals surface area contributed by atoms with Crippen LogP contribution >= 0.6 is 0 Å². The lowest BCUT2D eigenvalue weighted by atomic mass is 9.97. The molecule has 0 unspecified atom stereocenters. The number of anilines is 2. The molecule has 0 aliphatic heterocycles. The van der Waals surface area contributed by atoms with Crippen LogP contribution in [0.3, 0.4) is 0 Å². The average molecular weight is 485 g/mol. The summed E-state index contributed by atoms with van der Waals surface area (Å²) >= 11 is 0. The second kappa shape index (κ2) is 9.69. The number of aldehydes is 1. The third-order valence-electron chi connectivity index (χ3n) is 5.18. The third-order valence-corrected chi connectivity index (χ3v) is 5.18. The minimum absolute atomic E-state index is 0.000404. The lowest BCUT2D eigenvalue weighted by Gasteiger charge is -2.21. The average Bonchev–Trinajstić information content (AvgIpc) is 3.39. The van der Waals surface area contributed by atoms with Gasteiger partial charge < -0.3 is 25.9 Å². The largest absolute Gasteiger partial charge is 0.507 e. The molecule has 0 radical (unpaired) electrons. The SMILES string of the molecule is C[C@@](N)(C=O)Nc1cccc(-c2cc(-c3ccc(F)cc3O)nc(NC(=O)c3ccco3)c2C#N)c1. The van der Waals surface area contributed by atoms with Crippen molar-refractivity contribution in [3.05, 3.63) is 84.1 Å². The number of hydrogen-bond donors (Lipinski definition) is 4. The van der Waals surface area contributed by atoms with Gasteiger partial charge in [-0.2, -0.15) is 5.26 Å². The molecule has 0 bridgehead atoms. The number of benzene rings is 2. The van der Waals surface area contributed by atoms with Gasteiger partial charge >= 0.3 is 0 Å². The number of aromatic nitrogens is 1. The number of furan rings is 1. The zero-order chi connectivity index (χ0) is 25.9. The minimum Gasteiger partial charge on any atom is -0.507 e. The van der Waals surface area contributed by atoms with Crippen LogP contribution in [0, 0.1) is 17.1 Å². The zero-order valence-electron chi connectivity index (χ0n) is 18.9. The van der Waals surface area contributed by atoms with Gasteiger partial charge in [0, 0.05) is 22.9 Å². The molecular formula is C26H20FN5O4. The highest BCUT2D eigenvalue weighted by molar-refractivity contribution is 6.03. The molecule has 0 spiro atoms. The fourth-order valence-corrected chi connectivity index (χ4v) is 3.52. The van der Waals surface area contributed by atoms with Crippen LogP contribution in [-0.4, -0.2) is 27.9 Å². The van der Waals surface area contributed by atoms with Crippen molar-refractivity contribution in [1.29, 1.82) is 5.26 Å². The van der Waals surface area contributed by atoms with E-state index in [1.54, 1.807) is 24.3 Å². The summed E-state index contributed by atoms with van der Waals surface area (Å²) in [5.41, 5.74) is 6.32. The van der Waals surface area contributed by atoms with Crippen molar-refractivity contribution in [2.24, 2.45) is 5.73 Å². The topological polar surface area (TPSA) is 154 Å². The number of halogens is 1. The molecule has 4 rings (SSSR count). The Kier molecular flexibility index (Phi) is 6.50. The maximum Gasteiger partial charge on any atom is 0.292 e. The lowest BCUT2D eigenvalue weighted by molar-refractivity contribution is -0.111. The molecule has 4 aromatic rings. The van der Waals surface area contributed by atoms with E-state index in [0.29, 0.717) is 23.1 Å². The molecule has 2 aromatic carbocycles. The van der Waals surface area contributed by atoms with Crippen LogP contribution in [0.15, 0.2) is 71.3 Å². The molecule has 1 amide bonds. The van der Waals surface area contributed by atoms with E-state index in [1.165, 1.54) is 37.5 Å². The number of phenolic OH excluding ortho intramolecular Hbond substituents is 1. The standard InChI is InChI=1S/C26H20FN5O4/c1-26(29,14-33)32-17-5-2-4-15(10-17)19-12-21(18-8-7-16(27)11-22(18)34)30-24(20(19)13-28)31-25(35)23-6-3-9-36-23/h2-12,14,32,34H,29H2,1H3,(H,30,31,35)/t26-/m0/s1. The summed E-state index contributed by atoms with van der Waals surface area (Å²) in [6.45, 7) is 1.50. The quantitative estimate of drug-likeness (QED) is 0.224. The molecule has 9 nitrogen and oxygen atoms in total. The first-order valence-electron chi connectivity index (χ1n) is 10.6. The Bertz CT molecular complexity index is 1490. The predicted octanol–water partition coefficient (Wildman–Crippen LogP) is 4.26. The van der Waals surface area contributed by atoms with Gasteiger partial charge in [0.2, 0.25) is 0 Å². The molecule has 1 atom stereocenters. The molecule has 5 N–H and O–H groups in total. The van der Waals surface area contributed by atoms with Gasteiger partial charge in [-0.3, -0.25) is 9.59 Å². The van der Waals surface area contributed by atoms with E-state index >= 15 is 0 Å². The first kappa shape index (κ1) is 24.1. The number of amides is 1. The van der Waals surface area contributed by atoms with E-state index in [-0.39, 0.29) is 34.1 Å². The Morgan fingerprint density at radius 2 is 2.00 bits per heavy atom. The number of phenols is 1. The molecule has 10 heteroatoms. The van der Waals surface area contributed by atoms with Gasteiger partial charge in [-0.15, -0.1) is 0 Å². The fourth-order valence-electron chi connectivity index (χ4n) is 3.52. The second-order valence-electron chi connectivity index (χ2n) is 8.09. The molecule has 36 heavy (non-hydrogen) atoms. The Labute approximate surface area is 205 Å². The van der Waals surface area contributed by atoms with Gasteiger partial charge in [-0.1, -0.05) is 12.1 Å². The number of nitrogens with two attached hydrogens (primary N) is 1. The molecule has 0 aliphatic rings. The van der Waals surface area contributed by atoms with Gasteiger partial charge in [0.1, 0.15) is 28.9 Å². The number of rotatable bonds is 7. The van der Waals surface area contributed by atoms with Crippen molar-refractivity contribution < 1.29 is 23.5 Å². The van der Waals surface area contributed by atoms with Crippen molar-refractivity contribution in [3.8, 4) is 34.2 Å². The van der Waals surface area contributed by atoms with Crippen LogP contribution in [-0.2, 0) is 4.79 Å². The first-order valence-corrected chi connectivity index (χ1v) is 10.6. The molecular weight excluding hydrogens is 465 g/mol. The summed E-state index contributed by atoms with van der Waals surface area (Å²) in [5, 5.41) is 25.8. The van der Waals surface area contributed by atoms with Crippen LogP contribution < -0.4 is 16.4 Å². The Morgan fingerprint density at radius 3 is 2.67 bits per heavy atom. The van der Waals surface area contributed by atoms with Crippen LogP contribution in [0.25, 0.3) is 22.4 Å². The Balaban J connectivity index is 1.89. The van der Waals surface area contributed by atoms with Crippen molar-refractivity contribution in [2.75, 3.05) is 10.6 Å². The van der Waals surface area contributed by atoms with Crippen LogP contribution in [0.5, 0.6) is 5.75 Å². The maximum absolute atomic E-state index is 13.6. The van der Waals surface area contributed by atoms with Crippen molar-refractivity contribution in [1.82, 2.24) is 4.98 Å². The van der Waals surface area contributed by atoms with E-state index in [9.17, 15) is 24.3 Å². The number of carbonyl (C=O) groups excluding carboxylic acids is 2. The van der Waals surface area contributed by atoms with Crippen LogP contribution in [0.2, 0.25) is 0 Å². The molecule has 0 aliphatic carbocycles. The Hall–Kier alpha value is -5.01. The summed E-state index contributed by atoms with van der Waals surface area (Å²) < 4.78 is 18.7. The summed E-state index contributed by atoms with van der Waals surface area (Å²) in [6.07, 6.45) is 1.89. The number of nitrogens with one attached hydrogen (secondary N) is 2. The number of aromatic hydroxyl groups is 1. The second-order valence-corrected chi connectivity index (χ2v) is 8.09. The predicted molar refractivity (Wildman–Crippen MR) is 130 cm³/mol. The summed E-state index contributed by atoms with van der Waals surface area (Å²) in [4.78, 5) is 28.3. The van der Waals surface area contributed by atoms with Crippen molar-refractivity contribution >= 4 is 23.7 Å². The van der Waals surface area contributed by atoms with E-state index in [1.807, 2.05) is 0 Å². The van der Waals surface area contributed by atoms with Crippen LogP contribution in [0.4, 0.5) is 15.9 Å². The first-order chi connectivity index (χ1) is 17.2. The van der Waals surface area contributed by atoms with Crippen molar-refractivity contribution in [2.45, 2.75) is 12.6 Å². The summed E-state index contributed by atoms with van der Waals surface area (Å²) in [5.74, 6) is -1.75. The normalized spacial score (nSPS) is 12.3. The number of nitriles is 1. The third kappa shape index (κ3) is 5.06. The Morgan fingerprint density at radius 1 is 1.19 bits per heavy atom. The maximum atomic E-state index is 13.6. The zero-order valence-corrected chi connectivity index (χ0v) is 18.9. The van der Waals surface area contributed by atoms with Crippen LogP contribution in [0.1, 0.15) is 23.0 Å². The molecule has 0 fully saturated rings. The van der Waals surface area contributed by atoms with E-state index in [0.717, 1.165) is 12.1 Å².